The van der Waals surface area contributed by atoms with Gasteiger partial charge in [-0.25, -0.2) is 28.1 Å². The minimum absolute atomic E-state index is 0.111. The van der Waals surface area contributed by atoms with Gasteiger partial charge in [0.1, 0.15) is 52.5 Å². The number of nitrogens with zero attached hydrogens (tertiary/aromatic N) is 7. The maximum absolute atomic E-state index is 14.1. The highest BCUT2D eigenvalue weighted by Crippen LogP contribution is 2.41. The van der Waals surface area contributed by atoms with E-state index in [2.05, 4.69) is 25.4 Å². The number of hydrogen-bond acceptors (Lipinski definition) is 10. The molecule has 3 aromatic heterocycles. The first-order chi connectivity index (χ1) is 19.8. The zero-order valence-electron chi connectivity index (χ0n) is 21.7. The van der Waals surface area contributed by atoms with E-state index in [9.17, 15) is 19.0 Å². The van der Waals surface area contributed by atoms with Gasteiger partial charge >= 0.3 is 0 Å². The van der Waals surface area contributed by atoms with Crippen LogP contribution in [-0.4, -0.2) is 77.0 Å². The molecule has 1 aliphatic rings. The molecule has 214 valence electrons. The van der Waals surface area contributed by atoms with E-state index in [4.69, 9.17) is 21.1 Å². The van der Waals surface area contributed by atoms with E-state index >= 15 is 0 Å². The molecule has 0 saturated carbocycles. The van der Waals surface area contributed by atoms with Crippen LogP contribution in [0.4, 0.5) is 8.78 Å². The van der Waals surface area contributed by atoms with E-state index in [-0.39, 0.29) is 24.3 Å². The van der Waals surface area contributed by atoms with E-state index in [1.807, 2.05) is 18.2 Å². The van der Waals surface area contributed by atoms with E-state index in [1.54, 1.807) is 17.1 Å². The number of methoxy groups -OCH3 is 1. The SMILES string of the molecule is CO[C@@H]1[C@@H](n2cc(-c3cc(F)c(Cl)c(F)c3)nn2)[C@@H](O)[C@@H](CCO)O[C@H]1c1nc(C)nn1-c1ccc2ncsc2c1. The average molecular weight is 604 g/mol. The second-order valence-electron chi connectivity index (χ2n) is 9.56. The Bertz CT molecular complexity index is 1690. The van der Waals surface area contributed by atoms with Gasteiger partial charge in [-0.15, -0.1) is 16.4 Å². The van der Waals surface area contributed by atoms with Crippen molar-refractivity contribution in [3.63, 3.8) is 0 Å². The van der Waals surface area contributed by atoms with Gasteiger partial charge in [-0.1, -0.05) is 16.8 Å². The van der Waals surface area contributed by atoms with Crippen molar-refractivity contribution in [2.75, 3.05) is 13.7 Å². The van der Waals surface area contributed by atoms with Crippen LogP contribution < -0.4 is 0 Å². The molecule has 0 amide bonds. The average Bonchev–Trinajstić information content (AvgIpc) is 3.71. The summed E-state index contributed by atoms with van der Waals surface area (Å²) < 4.78 is 44.5. The van der Waals surface area contributed by atoms with E-state index in [0.717, 1.165) is 28.0 Å². The molecule has 2 N–H and O–H groups in total. The number of aliphatic hydroxyl groups is 2. The molecule has 1 aliphatic heterocycles. The summed E-state index contributed by atoms with van der Waals surface area (Å²) in [7, 11) is 1.46. The molecule has 1 saturated heterocycles. The van der Waals surface area contributed by atoms with Crippen LogP contribution in [0, 0.1) is 18.6 Å². The Morgan fingerprint density at radius 3 is 2.71 bits per heavy atom. The van der Waals surface area contributed by atoms with Crippen LogP contribution in [0.2, 0.25) is 5.02 Å². The summed E-state index contributed by atoms with van der Waals surface area (Å²) in [4.78, 5) is 8.98. The van der Waals surface area contributed by atoms with E-state index in [0.29, 0.717) is 11.6 Å². The van der Waals surface area contributed by atoms with Crippen LogP contribution in [0.25, 0.3) is 27.2 Å². The Morgan fingerprint density at radius 1 is 1.20 bits per heavy atom. The van der Waals surface area contributed by atoms with E-state index in [1.165, 1.54) is 29.3 Å². The maximum Gasteiger partial charge on any atom is 0.164 e. The summed E-state index contributed by atoms with van der Waals surface area (Å²) in [5.74, 6) is -0.975. The van der Waals surface area contributed by atoms with Gasteiger partial charge in [0.15, 0.2) is 5.82 Å². The van der Waals surface area contributed by atoms with Crippen LogP contribution in [0.5, 0.6) is 0 Å². The standard InChI is InChI=1S/C26H24ClF2N7O4S/c1-12-31-26(36(33-12)14-3-4-17-20(9-14)41-11-30-17)25-24(39-2)22(23(38)19(40-25)5-6-37)35-10-18(32-34-35)13-7-15(28)21(27)16(29)8-13/h3-4,7-11,19,22-25,37-38H,5-6H2,1-2H3/t19-,22+,23+,24-,25-/m1/s1. The van der Waals surface area contributed by atoms with Gasteiger partial charge in [-0.05, 0) is 43.7 Å². The third kappa shape index (κ3) is 5.00. The van der Waals surface area contributed by atoms with E-state index < -0.39 is 47.1 Å². The molecule has 15 heteroatoms. The smallest absolute Gasteiger partial charge is 0.164 e. The lowest BCUT2D eigenvalue weighted by Crippen LogP contribution is -2.53. The molecular formula is C26H24ClF2N7O4S. The van der Waals surface area contributed by atoms with Crippen molar-refractivity contribution >= 4 is 33.2 Å². The molecular weight excluding hydrogens is 580 g/mol. The van der Waals surface area contributed by atoms with Crippen molar-refractivity contribution in [1.29, 1.82) is 0 Å². The molecule has 2 aromatic carbocycles. The summed E-state index contributed by atoms with van der Waals surface area (Å²) in [5.41, 5.74) is 3.61. The molecule has 0 spiro atoms. The predicted octanol–water partition coefficient (Wildman–Crippen LogP) is 3.82. The fraction of sp³-hybridized carbons (Fsp3) is 0.346. The highest BCUT2D eigenvalue weighted by Gasteiger charge is 2.49. The number of rotatable bonds is 7. The first-order valence-corrected chi connectivity index (χ1v) is 13.9. The molecule has 41 heavy (non-hydrogen) atoms. The van der Waals surface area contributed by atoms with Crippen molar-refractivity contribution in [2.24, 2.45) is 0 Å². The van der Waals surface area contributed by atoms with Crippen molar-refractivity contribution in [3.05, 3.63) is 70.3 Å². The number of aryl methyl sites for hydroxylation is 1. The van der Waals surface area contributed by atoms with Crippen LogP contribution in [0.1, 0.15) is 30.2 Å². The first-order valence-electron chi connectivity index (χ1n) is 12.6. The number of aliphatic hydroxyl groups excluding tert-OH is 2. The molecule has 1 fully saturated rings. The minimum atomic E-state index is -1.19. The van der Waals surface area contributed by atoms with Crippen molar-refractivity contribution in [2.45, 2.75) is 43.8 Å². The molecule has 6 rings (SSSR count). The molecule has 0 bridgehead atoms. The third-order valence-electron chi connectivity index (χ3n) is 7.02. The van der Waals surface area contributed by atoms with Crippen molar-refractivity contribution in [3.8, 4) is 16.9 Å². The summed E-state index contributed by atoms with van der Waals surface area (Å²) >= 11 is 7.13. The topological polar surface area (TPSA) is 133 Å². The number of halogens is 3. The molecule has 11 nitrogen and oxygen atoms in total. The number of aromatic nitrogens is 7. The Balaban J connectivity index is 1.42. The zero-order valence-corrected chi connectivity index (χ0v) is 23.3. The van der Waals surface area contributed by atoms with Crippen molar-refractivity contribution < 1.29 is 28.5 Å². The van der Waals surface area contributed by atoms with Crippen LogP contribution >= 0.6 is 22.9 Å². The van der Waals surface area contributed by atoms with Crippen molar-refractivity contribution in [1.82, 2.24) is 34.7 Å². The number of thiazole rings is 1. The number of ether oxygens (including phenoxy) is 2. The largest absolute Gasteiger partial charge is 0.396 e. The number of hydrogen-bond donors (Lipinski definition) is 2. The molecule has 0 aliphatic carbocycles. The van der Waals surface area contributed by atoms with Gasteiger partial charge in [-0.2, -0.15) is 5.10 Å². The molecule has 4 heterocycles. The molecule has 5 atom stereocenters. The van der Waals surface area contributed by atoms with Crippen LogP contribution in [-0.2, 0) is 9.47 Å². The van der Waals surface area contributed by atoms with Crippen LogP contribution in [0.15, 0.2) is 42.0 Å². The van der Waals surface area contributed by atoms with Gasteiger partial charge in [0.2, 0.25) is 0 Å². The molecule has 0 radical (unpaired) electrons. The minimum Gasteiger partial charge on any atom is -0.396 e. The fourth-order valence-corrected chi connectivity index (χ4v) is 5.94. The normalized spacial score (nSPS) is 23.0. The van der Waals surface area contributed by atoms with Crippen LogP contribution in [0.3, 0.4) is 0 Å². The lowest BCUT2D eigenvalue weighted by atomic mass is 9.90. The lowest BCUT2D eigenvalue weighted by Gasteiger charge is -2.43. The first kappa shape index (κ1) is 27.8. The third-order valence-corrected chi connectivity index (χ3v) is 8.17. The second-order valence-corrected chi connectivity index (χ2v) is 10.8. The fourth-order valence-electron chi connectivity index (χ4n) is 5.12. The number of fused-ring (bicyclic) bond motifs is 1. The highest BCUT2D eigenvalue weighted by molar-refractivity contribution is 7.16. The van der Waals surface area contributed by atoms with Gasteiger partial charge in [0, 0.05) is 19.3 Å². The van der Waals surface area contributed by atoms with Gasteiger partial charge < -0.3 is 19.7 Å². The van der Waals surface area contributed by atoms with Gasteiger partial charge in [0.05, 0.1) is 33.7 Å². The Morgan fingerprint density at radius 2 is 1.98 bits per heavy atom. The molecule has 0 unspecified atom stereocenters. The summed E-state index contributed by atoms with van der Waals surface area (Å²) in [5, 5.41) is 33.3. The van der Waals surface area contributed by atoms with Gasteiger partial charge in [-0.3, -0.25) is 0 Å². The summed E-state index contributed by atoms with van der Waals surface area (Å²) in [6, 6.07) is 6.93. The highest BCUT2D eigenvalue weighted by atomic mass is 35.5. The molecule has 5 aromatic rings. The Hall–Kier alpha value is -3.40. The lowest BCUT2D eigenvalue weighted by molar-refractivity contribution is -0.212. The summed E-state index contributed by atoms with van der Waals surface area (Å²) in [6.07, 6.45) is -2.19. The number of benzene rings is 2. The predicted molar refractivity (Wildman–Crippen MR) is 145 cm³/mol. The Labute approximate surface area is 240 Å². The second kappa shape index (κ2) is 11.1. The quantitative estimate of drug-likeness (QED) is 0.266. The Kier molecular flexibility index (Phi) is 7.52. The maximum atomic E-state index is 14.1. The monoisotopic (exact) mass is 603 g/mol. The zero-order chi connectivity index (χ0) is 28.8. The summed E-state index contributed by atoms with van der Waals surface area (Å²) in [6.45, 7) is 1.50. The van der Waals surface area contributed by atoms with Gasteiger partial charge in [0.25, 0.3) is 0 Å².